The molecule has 3 aromatic rings. The third-order valence-corrected chi connectivity index (χ3v) is 10.2. The summed E-state index contributed by atoms with van der Waals surface area (Å²) in [5.41, 5.74) is 0. The van der Waals surface area contributed by atoms with Crippen molar-refractivity contribution in [2.75, 3.05) is 20.8 Å². The highest BCUT2D eigenvalue weighted by atomic mass is 32.2. The molecule has 156 valence electrons. The Morgan fingerprint density at radius 3 is 2.21 bits per heavy atom. The average molecular weight is 474 g/mol. The quantitative estimate of drug-likeness (QED) is 0.512. The fourth-order valence-electron chi connectivity index (χ4n) is 2.66. The number of sulfonamides is 1. The van der Waals surface area contributed by atoms with Crippen LogP contribution in [0.2, 0.25) is 0 Å². The van der Waals surface area contributed by atoms with Crippen molar-refractivity contribution in [1.82, 2.24) is 4.72 Å². The van der Waals surface area contributed by atoms with Gasteiger partial charge in [-0.15, -0.1) is 22.7 Å². The van der Waals surface area contributed by atoms with Gasteiger partial charge in [-0.25, -0.2) is 21.6 Å². The van der Waals surface area contributed by atoms with Gasteiger partial charge in [-0.1, -0.05) is 12.1 Å². The van der Waals surface area contributed by atoms with Crippen molar-refractivity contribution < 1.29 is 26.3 Å². The number of hydrogen-bond donors (Lipinski definition) is 1. The SMILES string of the molecule is COc1ccc(S(=O)(=O)NC[C@H](c2cccs2)S(=O)(=O)c2cccs2)cc1OC. The summed E-state index contributed by atoms with van der Waals surface area (Å²) in [6.45, 7) is -0.294. The number of nitrogens with one attached hydrogen (secondary N) is 1. The first-order chi connectivity index (χ1) is 13.8. The minimum atomic E-state index is -3.98. The number of benzene rings is 1. The molecule has 1 atom stereocenters. The van der Waals surface area contributed by atoms with E-state index >= 15 is 0 Å². The number of methoxy groups -OCH3 is 2. The number of thiophene rings is 2. The molecule has 0 amide bonds. The molecule has 3 rings (SSSR count). The summed E-state index contributed by atoms with van der Waals surface area (Å²) in [7, 11) is -4.87. The van der Waals surface area contributed by atoms with Gasteiger partial charge in [0.2, 0.25) is 10.0 Å². The predicted molar refractivity (Wildman–Crippen MR) is 113 cm³/mol. The summed E-state index contributed by atoms with van der Waals surface area (Å²) >= 11 is 2.37. The van der Waals surface area contributed by atoms with Crippen LogP contribution in [-0.4, -0.2) is 37.6 Å². The van der Waals surface area contributed by atoms with Crippen LogP contribution >= 0.6 is 22.7 Å². The Balaban J connectivity index is 1.90. The van der Waals surface area contributed by atoms with Crippen LogP contribution in [0.5, 0.6) is 11.5 Å². The Kier molecular flexibility index (Phi) is 6.64. The normalized spacial score (nSPS) is 13.2. The highest BCUT2D eigenvalue weighted by molar-refractivity contribution is 7.94. The van der Waals surface area contributed by atoms with E-state index in [0.717, 1.165) is 11.3 Å². The van der Waals surface area contributed by atoms with E-state index < -0.39 is 25.1 Å². The molecule has 0 aliphatic rings. The fraction of sp³-hybridized carbons (Fsp3) is 0.222. The van der Waals surface area contributed by atoms with E-state index in [0.29, 0.717) is 10.6 Å². The first kappa shape index (κ1) is 21.8. The van der Waals surface area contributed by atoms with Gasteiger partial charge in [0, 0.05) is 17.5 Å². The predicted octanol–water partition coefficient (Wildman–Crippen LogP) is 3.32. The van der Waals surface area contributed by atoms with Crippen LogP contribution in [0.1, 0.15) is 10.1 Å². The van der Waals surface area contributed by atoms with Gasteiger partial charge in [-0.05, 0) is 35.0 Å². The maximum Gasteiger partial charge on any atom is 0.240 e. The summed E-state index contributed by atoms with van der Waals surface area (Å²) in [6, 6.07) is 10.8. The molecule has 0 bridgehead atoms. The van der Waals surface area contributed by atoms with Gasteiger partial charge < -0.3 is 9.47 Å². The second-order valence-electron chi connectivity index (χ2n) is 5.85. The Hall–Kier alpha value is -1.92. The zero-order valence-electron chi connectivity index (χ0n) is 15.6. The third kappa shape index (κ3) is 4.64. The summed E-state index contributed by atoms with van der Waals surface area (Å²) in [4.78, 5) is 0.516. The second kappa shape index (κ2) is 8.84. The van der Waals surface area contributed by atoms with Crippen molar-refractivity contribution in [3.8, 4) is 11.5 Å². The van der Waals surface area contributed by atoms with Gasteiger partial charge in [0.05, 0.1) is 19.1 Å². The lowest BCUT2D eigenvalue weighted by atomic mass is 10.3. The van der Waals surface area contributed by atoms with Gasteiger partial charge in [0.1, 0.15) is 9.46 Å². The Morgan fingerprint density at radius 1 is 0.931 bits per heavy atom. The van der Waals surface area contributed by atoms with Crippen molar-refractivity contribution in [2.45, 2.75) is 14.4 Å². The molecule has 0 aliphatic carbocycles. The van der Waals surface area contributed by atoms with Crippen molar-refractivity contribution in [1.29, 1.82) is 0 Å². The molecule has 0 unspecified atom stereocenters. The van der Waals surface area contributed by atoms with Gasteiger partial charge in [-0.2, -0.15) is 0 Å². The molecule has 29 heavy (non-hydrogen) atoms. The largest absolute Gasteiger partial charge is 0.493 e. The monoisotopic (exact) mass is 473 g/mol. The Labute approximate surface area is 177 Å². The molecule has 0 spiro atoms. The van der Waals surface area contributed by atoms with Crippen LogP contribution < -0.4 is 14.2 Å². The number of hydrogen-bond acceptors (Lipinski definition) is 8. The van der Waals surface area contributed by atoms with Crippen LogP contribution in [0, 0.1) is 0 Å². The smallest absolute Gasteiger partial charge is 0.240 e. The molecule has 2 heterocycles. The van der Waals surface area contributed by atoms with Gasteiger partial charge >= 0.3 is 0 Å². The molecular weight excluding hydrogens is 454 g/mol. The van der Waals surface area contributed by atoms with Crippen LogP contribution in [0.15, 0.2) is 62.3 Å². The zero-order chi connectivity index (χ0) is 21.1. The van der Waals surface area contributed by atoms with Crippen molar-refractivity contribution in [2.24, 2.45) is 0 Å². The van der Waals surface area contributed by atoms with Crippen LogP contribution in [0.4, 0.5) is 0 Å². The van der Waals surface area contributed by atoms with E-state index in [2.05, 4.69) is 4.72 Å². The molecule has 0 radical (unpaired) electrons. The van der Waals surface area contributed by atoms with Gasteiger partial charge in [-0.3, -0.25) is 0 Å². The molecule has 11 heteroatoms. The minimum Gasteiger partial charge on any atom is -0.493 e. The highest BCUT2D eigenvalue weighted by Gasteiger charge is 2.32. The maximum atomic E-state index is 13.1. The van der Waals surface area contributed by atoms with E-state index in [4.69, 9.17) is 9.47 Å². The van der Waals surface area contributed by atoms with Crippen LogP contribution in [0.3, 0.4) is 0 Å². The Bertz CT molecular complexity index is 1150. The molecule has 1 aromatic carbocycles. The van der Waals surface area contributed by atoms with Gasteiger partial charge in [0.15, 0.2) is 21.3 Å². The summed E-state index contributed by atoms with van der Waals surface area (Å²) in [5.74, 6) is 0.652. The van der Waals surface area contributed by atoms with Gasteiger partial charge in [0.25, 0.3) is 0 Å². The standard InChI is InChI=1S/C18H19NO6S4/c1-24-14-8-7-13(11-15(14)25-2)29(22,23)19-12-17(16-5-3-9-26-16)28(20,21)18-6-4-10-27-18/h3-11,17,19H,12H2,1-2H3/t17-/m1/s1. The van der Waals surface area contributed by atoms with Crippen LogP contribution in [-0.2, 0) is 19.9 Å². The Morgan fingerprint density at radius 2 is 1.62 bits per heavy atom. The molecule has 1 N–H and O–H groups in total. The molecule has 0 saturated carbocycles. The number of rotatable bonds is 9. The minimum absolute atomic E-state index is 0.0476. The summed E-state index contributed by atoms with van der Waals surface area (Å²) in [6.07, 6.45) is 0. The van der Waals surface area contributed by atoms with E-state index in [9.17, 15) is 16.8 Å². The second-order valence-corrected chi connectivity index (χ2v) is 11.9. The fourth-order valence-corrected chi connectivity index (χ4v) is 7.81. The number of ether oxygens (including phenoxy) is 2. The van der Waals surface area contributed by atoms with Crippen LogP contribution in [0.25, 0.3) is 0 Å². The van der Waals surface area contributed by atoms with E-state index in [-0.39, 0.29) is 21.4 Å². The average Bonchev–Trinajstić information content (AvgIpc) is 3.41. The third-order valence-electron chi connectivity index (χ3n) is 4.13. The molecule has 0 saturated heterocycles. The molecule has 0 aliphatic heterocycles. The van der Waals surface area contributed by atoms with Crippen molar-refractivity contribution >= 4 is 42.5 Å². The molecule has 7 nitrogen and oxygen atoms in total. The maximum absolute atomic E-state index is 13.1. The van der Waals surface area contributed by atoms with Crippen molar-refractivity contribution in [3.05, 3.63) is 58.1 Å². The zero-order valence-corrected chi connectivity index (χ0v) is 18.8. The lowest BCUT2D eigenvalue weighted by Gasteiger charge is -2.17. The first-order valence-electron chi connectivity index (χ1n) is 8.32. The van der Waals surface area contributed by atoms with E-state index in [1.54, 1.807) is 29.0 Å². The topological polar surface area (TPSA) is 98.8 Å². The van der Waals surface area contributed by atoms with E-state index in [1.807, 2.05) is 0 Å². The molecular formula is C18H19NO6S4. The number of sulfone groups is 1. The van der Waals surface area contributed by atoms with Crippen molar-refractivity contribution in [3.63, 3.8) is 0 Å². The highest BCUT2D eigenvalue weighted by Crippen LogP contribution is 2.34. The summed E-state index contributed by atoms with van der Waals surface area (Å²) in [5, 5.41) is 2.40. The summed E-state index contributed by atoms with van der Waals surface area (Å²) < 4.78 is 64.6. The lowest BCUT2D eigenvalue weighted by Crippen LogP contribution is -2.31. The molecule has 0 fully saturated rings. The van der Waals surface area contributed by atoms with E-state index in [1.165, 1.54) is 49.8 Å². The first-order valence-corrected chi connectivity index (χ1v) is 13.1. The molecule has 2 aromatic heterocycles. The lowest BCUT2D eigenvalue weighted by molar-refractivity contribution is 0.354.